The van der Waals surface area contributed by atoms with E-state index in [1.54, 1.807) is 13.0 Å². The average molecular weight is 402 g/mol. The number of carbonyl (C=O) groups excluding carboxylic acids is 2. The first kappa shape index (κ1) is 22.5. The van der Waals surface area contributed by atoms with Crippen LogP contribution >= 0.6 is 11.8 Å². The van der Waals surface area contributed by atoms with E-state index in [4.69, 9.17) is 9.31 Å². The summed E-state index contributed by atoms with van der Waals surface area (Å²) in [6, 6.07) is 7.71. The lowest BCUT2D eigenvalue weighted by Gasteiger charge is -2.32. The van der Waals surface area contributed by atoms with E-state index in [0.29, 0.717) is 5.75 Å². The molecule has 0 radical (unpaired) electrons. The van der Waals surface area contributed by atoms with E-state index < -0.39 is 24.3 Å². The van der Waals surface area contributed by atoms with Crippen LogP contribution in [0.5, 0.6) is 0 Å². The maximum Gasteiger partial charge on any atom is 0.491 e. The molecule has 5 nitrogen and oxygen atoms in total. The molecule has 0 aliphatic carbocycles. The van der Waals surface area contributed by atoms with Gasteiger partial charge in [-0.05, 0) is 50.4 Å². The Morgan fingerprint density at radius 2 is 1.61 bits per heavy atom. The van der Waals surface area contributed by atoms with E-state index >= 15 is 0 Å². The summed E-state index contributed by atoms with van der Waals surface area (Å²) in [5.41, 5.74) is 1.86. The van der Waals surface area contributed by atoms with E-state index in [2.05, 4.69) is 4.74 Å². The summed E-state index contributed by atoms with van der Waals surface area (Å²) in [4.78, 5) is 22.7. The second-order valence-electron chi connectivity index (χ2n) is 7.61. The number of carbonyl (C=O) groups is 2. The van der Waals surface area contributed by atoms with E-state index in [0.717, 1.165) is 16.6 Å². The van der Waals surface area contributed by atoms with Crippen LogP contribution in [0.4, 0.5) is 0 Å². The minimum absolute atomic E-state index is 0.0470. The van der Waals surface area contributed by atoms with Gasteiger partial charge in [-0.25, -0.2) is 4.79 Å². The zero-order valence-corrected chi connectivity index (χ0v) is 18.1. The van der Waals surface area contributed by atoms with Crippen LogP contribution in [0, 0.1) is 0 Å². The zero-order chi connectivity index (χ0) is 20.9. The number of methoxy groups -OCH3 is 1. The van der Waals surface area contributed by atoms with Gasteiger partial charge in [-0.1, -0.05) is 42.1 Å². The number of ether oxygens (including phenoxy) is 1. The molecule has 1 aromatic rings. The minimum Gasteiger partial charge on any atom is -0.466 e. The third-order valence-corrected chi connectivity index (χ3v) is 5.78. The number of thioether (sulfide) groups is 1. The highest BCUT2D eigenvalue weighted by Gasteiger charge is 2.52. The van der Waals surface area contributed by atoms with E-state index in [1.807, 2.05) is 58.0 Å². The van der Waals surface area contributed by atoms with Gasteiger partial charge < -0.3 is 14.0 Å². The summed E-state index contributed by atoms with van der Waals surface area (Å²) in [6.45, 7) is 9.57. The summed E-state index contributed by atoms with van der Waals surface area (Å²) in [5.74, 6) is 0.101. The van der Waals surface area contributed by atoms with Crippen molar-refractivity contribution in [2.45, 2.75) is 45.8 Å². The molecule has 1 aromatic carbocycles. The fourth-order valence-corrected chi connectivity index (χ4v) is 3.10. The molecule has 0 spiro atoms. The molecule has 0 atom stereocenters. The van der Waals surface area contributed by atoms with Gasteiger partial charge in [-0.3, -0.25) is 4.79 Å². The van der Waals surface area contributed by atoms with E-state index in [9.17, 15) is 9.59 Å². The summed E-state index contributed by atoms with van der Waals surface area (Å²) in [7, 11) is 0.840. The van der Waals surface area contributed by atoms with Crippen molar-refractivity contribution in [3.63, 3.8) is 0 Å². The zero-order valence-electron chi connectivity index (χ0n) is 17.3. The number of rotatable bonds is 6. The van der Waals surface area contributed by atoms with Gasteiger partial charge in [0.25, 0.3) is 0 Å². The van der Waals surface area contributed by atoms with E-state index in [-0.39, 0.29) is 5.12 Å². The Hall–Kier alpha value is -1.83. The normalized spacial score (nSPS) is 18.5. The Balaban J connectivity index is 2.23. The first-order valence-electron chi connectivity index (χ1n) is 9.09. The average Bonchev–Trinajstić information content (AvgIpc) is 2.84. The van der Waals surface area contributed by atoms with Gasteiger partial charge in [0, 0.05) is 18.8 Å². The topological polar surface area (TPSA) is 61.8 Å². The second-order valence-corrected chi connectivity index (χ2v) is 8.76. The quantitative estimate of drug-likeness (QED) is 0.404. The molecular weight excluding hydrogens is 375 g/mol. The molecule has 1 aliphatic heterocycles. The maximum absolute atomic E-state index is 11.5. The molecule has 28 heavy (non-hydrogen) atoms. The lowest BCUT2D eigenvalue weighted by Crippen LogP contribution is -2.41. The van der Waals surface area contributed by atoms with Crippen LogP contribution in [0.15, 0.2) is 35.8 Å². The van der Waals surface area contributed by atoms with Crippen molar-refractivity contribution in [2.24, 2.45) is 0 Å². The van der Waals surface area contributed by atoms with Crippen molar-refractivity contribution < 1.29 is 23.6 Å². The van der Waals surface area contributed by atoms with Crippen LogP contribution in [-0.2, 0) is 23.6 Å². The highest BCUT2D eigenvalue weighted by Crippen LogP contribution is 2.39. The minimum atomic E-state index is -0.504. The number of hydrogen-bond donors (Lipinski definition) is 0. The predicted octanol–water partition coefficient (Wildman–Crippen LogP) is 4.17. The summed E-state index contributed by atoms with van der Waals surface area (Å²) < 4.78 is 16.9. The van der Waals surface area contributed by atoms with Crippen LogP contribution < -0.4 is 0 Å². The van der Waals surface area contributed by atoms with Gasteiger partial charge >= 0.3 is 13.1 Å². The van der Waals surface area contributed by atoms with Crippen molar-refractivity contribution in [1.82, 2.24) is 0 Å². The van der Waals surface area contributed by atoms with Gasteiger partial charge in [0.15, 0.2) is 5.12 Å². The van der Waals surface area contributed by atoms with Crippen molar-refractivity contribution in [1.29, 1.82) is 0 Å². The SMILES string of the molecule is COC(=O)/C=C/c1ccc(C=C(CSC(C)=O)B2OC(C)(C)C(C)(C)O2)cc1. The first-order chi connectivity index (χ1) is 13.0. The molecule has 0 amide bonds. The van der Waals surface area contributed by atoms with Crippen LogP contribution in [0.25, 0.3) is 12.2 Å². The Bertz CT molecular complexity index is 764. The Kier molecular flexibility index (Phi) is 7.31. The molecule has 0 N–H and O–H groups in total. The van der Waals surface area contributed by atoms with Gasteiger partial charge in [-0.2, -0.15) is 0 Å². The van der Waals surface area contributed by atoms with Crippen molar-refractivity contribution in [2.75, 3.05) is 12.9 Å². The molecule has 150 valence electrons. The fraction of sp³-hybridized carbons (Fsp3) is 0.429. The molecule has 1 fully saturated rings. The molecule has 0 aromatic heterocycles. The highest BCUT2D eigenvalue weighted by atomic mass is 32.2. The lowest BCUT2D eigenvalue weighted by molar-refractivity contribution is -0.134. The van der Waals surface area contributed by atoms with Crippen molar-refractivity contribution in [3.05, 3.63) is 46.9 Å². The smallest absolute Gasteiger partial charge is 0.466 e. The standard InChI is InChI=1S/C21H27BO5S/c1-15(23)28-14-18(22-26-20(2,3)21(4,5)27-22)13-17-9-7-16(8-10-17)11-12-19(24)25-6/h7-13H,14H2,1-6H3/b12-11+,18-13?. The number of esters is 1. The van der Waals surface area contributed by atoms with Gasteiger partial charge in [0.05, 0.1) is 18.3 Å². The molecule has 1 aliphatic rings. The van der Waals surface area contributed by atoms with Crippen LogP contribution in [-0.4, -0.2) is 42.3 Å². The predicted molar refractivity (Wildman–Crippen MR) is 115 cm³/mol. The largest absolute Gasteiger partial charge is 0.491 e. The number of benzene rings is 1. The van der Waals surface area contributed by atoms with Gasteiger partial charge in [-0.15, -0.1) is 0 Å². The third kappa shape index (κ3) is 5.83. The van der Waals surface area contributed by atoms with E-state index in [1.165, 1.54) is 24.9 Å². The van der Waals surface area contributed by atoms with Crippen LogP contribution in [0.1, 0.15) is 45.7 Å². The summed E-state index contributed by atoms with van der Waals surface area (Å²) in [6.07, 6.45) is 5.07. The Labute approximate surface area is 171 Å². The molecule has 1 saturated heterocycles. The maximum atomic E-state index is 11.5. The van der Waals surface area contributed by atoms with Crippen molar-refractivity contribution >= 4 is 42.1 Å². The second kappa shape index (κ2) is 9.12. The Morgan fingerprint density at radius 1 is 1.07 bits per heavy atom. The molecule has 0 bridgehead atoms. The molecule has 0 unspecified atom stereocenters. The van der Waals surface area contributed by atoms with Crippen LogP contribution in [0.3, 0.4) is 0 Å². The molecular formula is C21H27BO5S. The molecule has 7 heteroatoms. The highest BCUT2D eigenvalue weighted by molar-refractivity contribution is 8.13. The fourth-order valence-electron chi connectivity index (χ4n) is 2.51. The van der Waals surface area contributed by atoms with Gasteiger partial charge in [0.1, 0.15) is 0 Å². The first-order valence-corrected chi connectivity index (χ1v) is 10.1. The molecule has 2 rings (SSSR count). The Morgan fingerprint density at radius 3 is 2.11 bits per heavy atom. The van der Waals surface area contributed by atoms with Gasteiger partial charge in [0.2, 0.25) is 0 Å². The monoisotopic (exact) mass is 402 g/mol. The summed E-state index contributed by atoms with van der Waals surface area (Å²) >= 11 is 1.23. The third-order valence-electron chi connectivity index (χ3n) is 4.90. The molecule has 1 heterocycles. The van der Waals surface area contributed by atoms with Crippen molar-refractivity contribution in [3.8, 4) is 0 Å². The number of hydrogen-bond acceptors (Lipinski definition) is 6. The van der Waals surface area contributed by atoms with Crippen LogP contribution in [0.2, 0.25) is 0 Å². The lowest BCUT2D eigenvalue weighted by atomic mass is 9.78. The summed E-state index contributed by atoms with van der Waals surface area (Å²) in [5, 5.41) is 0.0470. The molecule has 0 saturated carbocycles.